The van der Waals surface area contributed by atoms with Crippen molar-refractivity contribution >= 4 is 17.8 Å². The Morgan fingerprint density at radius 1 is 1.07 bits per heavy atom. The zero-order valence-corrected chi connectivity index (χ0v) is 26.6. The van der Waals surface area contributed by atoms with Gasteiger partial charge in [-0.2, -0.15) is 0 Å². The molecule has 0 spiro atoms. The number of likely N-dealkylation sites (tertiary alicyclic amines) is 1. The van der Waals surface area contributed by atoms with Crippen molar-refractivity contribution in [1.29, 1.82) is 0 Å². The normalized spacial score (nSPS) is 20.0. The minimum Gasteiger partial charge on any atom is -0.493 e. The number of ether oxygens (including phenoxy) is 3. The highest BCUT2D eigenvalue weighted by atomic mass is 16.7. The summed E-state index contributed by atoms with van der Waals surface area (Å²) in [4.78, 5) is 44.5. The Labute approximate surface area is 250 Å². The summed E-state index contributed by atoms with van der Waals surface area (Å²) in [5.41, 5.74) is 0.771. The van der Waals surface area contributed by atoms with E-state index < -0.39 is 23.8 Å². The van der Waals surface area contributed by atoms with Gasteiger partial charge in [0, 0.05) is 58.0 Å². The first-order valence-corrected chi connectivity index (χ1v) is 15.2. The van der Waals surface area contributed by atoms with Gasteiger partial charge in [-0.1, -0.05) is 13.3 Å². The number of unbranched alkanes of at least 4 members (excludes halogenated alkanes) is 1. The molecule has 2 aliphatic heterocycles. The molecule has 3 rings (SSSR count). The Kier molecular flexibility index (Phi) is 11.9. The number of carboxylic acids is 1. The van der Waals surface area contributed by atoms with E-state index in [1.807, 2.05) is 28.9 Å². The van der Waals surface area contributed by atoms with Crippen LogP contribution in [-0.4, -0.2) is 129 Å². The van der Waals surface area contributed by atoms with Crippen LogP contribution in [0.5, 0.6) is 17.2 Å². The number of nitrogens with zero attached hydrogens (tertiary/aromatic N) is 4. The van der Waals surface area contributed by atoms with Gasteiger partial charge < -0.3 is 33.6 Å². The number of carbonyl (C=O) groups is 3. The summed E-state index contributed by atoms with van der Waals surface area (Å²) < 4.78 is 17.6. The van der Waals surface area contributed by atoms with Crippen LogP contribution in [0.1, 0.15) is 57.9 Å². The second kappa shape index (κ2) is 14.9. The first kappa shape index (κ1) is 33.5. The Morgan fingerprint density at radius 2 is 1.79 bits per heavy atom. The predicted octanol–water partition coefficient (Wildman–Crippen LogP) is 2.88. The molecule has 1 N–H and O–H groups in total. The lowest BCUT2D eigenvalue weighted by molar-refractivity contribution is -0.870. The molecular formula is C31H51N4O7+. The molecule has 1 fully saturated rings. The molecule has 2 heterocycles. The van der Waals surface area contributed by atoms with Crippen LogP contribution in [0.2, 0.25) is 0 Å². The van der Waals surface area contributed by atoms with Crippen LogP contribution in [-0.2, 0) is 14.4 Å². The molecular weight excluding hydrogens is 540 g/mol. The summed E-state index contributed by atoms with van der Waals surface area (Å²) in [6, 6.07) is 3.23. The maximum Gasteiger partial charge on any atom is 0.308 e. The van der Waals surface area contributed by atoms with E-state index in [1.54, 1.807) is 12.0 Å². The molecule has 0 bridgehead atoms. The molecule has 1 aromatic rings. The van der Waals surface area contributed by atoms with Crippen molar-refractivity contribution in [3.05, 3.63) is 17.7 Å². The summed E-state index contributed by atoms with van der Waals surface area (Å²) in [6.45, 7) is 9.42. The van der Waals surface area contributed by atoms with E-state index >= 15 is 0 Å². The molecule has 1 saturated heterocycles. The Bertz CT molecular complexity index is 1090. The zero-order chi connectivity index (χ0) is 31.0. The number of hydrogen-bond acceptors (Lipinski definition) is 7. The van der Waals surface area contributed by atoms with Crippen molar-refractivity contribution < 1.29 is 38.2 Å². The van der Waals surface area contributed by atoms with E-state index in [9.17, 15) is 19.5 Å². The molecule has 236 valence electrons. The first-order valence-electron chi connectivity index (χ1n) is 15.2. The van der Waals surface area contributed by atoms with Crippen LogP contribution in [0, 0.1) is 5.92 Å². The monoisotopic (exact) mass is 591 g/mol. The Hall–Kier alpha value is -3.05. The molecule has 11 heteroatoms. The van der Waals surface area contributed by atoms with Crippen molar-refractivity contribution in [1.82, 2.24) is 14.7 Å². The summed E-state index contributed by atoms with van der Waals surface area (Å²) in [6.07, 6.45) is 3.25. The quantitative estimate of drug-likeness (QED) is 0.293. The number of carbonyl (C=O) groups excluding carboxylic acids is 2. The maximum atomic E-state index is 13.8. The number of fused-ring (bicyclic) bond motifs is 1. The number of carboxylic acid groups (broad SMARTS) is 1. The first-order chi connectivity index (χ1) is 19.9. The molecule has 2 aliphatic rings. The van der Waals surface area contributed by atoms with Crippen LogP contribution >= 0.6 is 0 Å². The number of benzene rings is 1. The van der Waals surface area contributed by atoms with Crippen LogP contribution in [0.25, 0.3) is 0 Å². The van der Waals surface area contributed by atoms with E-state index in [2.05, 4.69) is 28.1 Å². The molecule has 0 aliphatic carbocycles. The molecule has 3 unspecified atom stereocenters. The molecule has 1 aromatic carbocycles. The van der Waals surface area contributed by atoms with Gasteiger partial charge in [0.2, 0.25) is 24.4 Å². The molecule has 2 amide bonds. The van der Waals surface area contributed by atoms with E-state index in [4.69, 9.17) is 14.2 Å². The number of hydrogen-bond donors (Lipinski definition) is 1. The van der Waals surface area contributed by atoms with Crippen molar-refractivity contribution in [2.45, 2.75) is 58.4 Å². The lowest BCUT2D eigenvalue weighted by Crippen LogP contribution is -2.46. The second-order valence-electron chi connectivity index (χ2n) is 12.4. The Balaban J connectivity index is 1.91. The fourth-order valence-electron chi connectivity index (χ4n) is 6.10. The second-order valence-corrected chi connectivity index (χ2v) is 12.4. The number of rotatable bonds is 16. The molecule has 0 aromatic heterocycles. The fraction of sp³-hybridized carbons (Fsp3) is 0.710. The van der Waals surface area contributed by atoms with Gasteiger partial charge in [0.15, 0.2) is 11.5 Å². The van der Waals surface area contributed by atoms with E-state index in [-0.39, 0.29) is 25.2 Å². The van der Waals surface area contributed by atoms with Crippen LogP contribution in [0.4, 0.5) is 0 Å². The average Bonchev–Trinajstić information content (AvgIpc) is 3.54. The average molecular weight is 592 g/mol. The number of amides is 2. The minimum absolute atomic E-state index is 0.0156. The third-order valence-corrected chi connectivity index (χ3v) is 8.39. The Morgan fingerprint density at radius 3 is 2.38 bits per heavy atom. The third-order valence-electron chi connectivity index (χ3n) is 8.39. The summed E-state index contributed by atoms with van der Waals surface area (Å²) in [5, 5.41) is 10.5. The van der Waals surface area contributed by atoms with Gasteiger partial charge in [-0.25, -0.2) is 0 Å². The largest absolute Gasteiger partial charge is 0.493 e. The highest BCUT2D eigenvalue weighted by Crippen LogP contribution is 2.47. The molecule has 42 heavy (non-hydrogen) atoms. The maximum absolute atomic E-state index is 13.8. The van der Waals surface area contributed by atoms with Crippen LogP contribution in [0.3, 0.4) is 0 Å². The van der Waals surface area contributed by atoms with Gasteiger partial charge >= 0.3 is 5.97 Å². The van der Waals surface area contributed by atoms with E-state index in [0.29, 0.717) is 56.4 Å². The number of methoxy groups -OCH3 is 1. The van der Waals surface area contributed by atoms with Crippen LogP contribution in [0.15, 0.2) is 12.1 Å². The lowest BCUT2D eigenvalue weighted by atomic mass is 9.84. The molecule has 3 atom stereocenters. The summed E-state index contributed by atoms with van der Waals surface area (Å²) >= 11 is 0. The predicted molar refractivity (Wildman–Crippen MR) is 160 cm³/mol. The van der Waals surface area contributed by atoms with Crippen molar-refractivity contribution in [3.63, 3.8) is 0 Å². The van der Waals surface area contributed by atoms with Crippen molar-refractivity contribution in [2.75, 3.05) is 80.9 Å². The highest BCUT2D eigenvalue weighted by molar-refractivity contribution is 5.79. The third kappa shape index (κ3) is 8.50. The van der Waals surface area contributed by atoms with Crippen molar-refractivity contribution in [2.24, 2.45) is 5.92 Å². The van der Waals surface area contributed by atoms with Crippen LogP contribution < -0.4 is 14.2 Å². The minimum atomic E-state index is -0.923. The number of quaternary nitrogens is 1. The highest BCUT2D eigenvalue weighted by Gasteiger charge is 2.47. The van der Waals surface area contributed by atoms with Gasteiger partial charge in [-0.15, -0.1) is 0 Å². The van der Waals surface area contributed by atoms with Gasteiger partial charge in [-0.05, 0) is 37.5 Å². The van der Waals surface area contributed by atoms with E-state index in [0.717, 1.165) is 35.9 Å². The zero-order valence-electron chi connectivity index (χ0n) is 26.6. The molecule has 0 saturated carbocycles. The van der Waals surface area contributed by atoms with Gasteiger partial charge in [-0.3, -0.25) is 19.3 Å². The van der Waals surface area contributed by atoms with Gasteiger partial charge in [0.05, 0.1) is 47.3 Å². The molecule has 0 radical (unpaired) electrons. The summed E-state index contributed by atoms with van der Waals surface area (Å²) in [7, 11) is 7.98. The summed E-state index contributed by atoms with van der Waals surface area (Å²) in [5.74, 6) is -0.618. The number of aliphatic carboxylic acids is 1. The van der Waals surface area contributed by atoms with Gasteiger partial charge in [0.25, 0.3) is 0 Å². The molecule has 11 nitrogen and oxygen atoms in total. The van der Waals surface area contributed by atoms with Crippen molar-refractivity contribution in [3.8, 4) is 17.2 Å². The van der Waals surface area contributed by atoms with E-state index in [1.165, 1.54) is 6.92 Å². The standard InChI is InChI=1S/C31H50N4O7/c1-8-10-13-33(14-11-16-35(4,5)6)28(37)20-34-19-24(23-17-26(40-7)30-27(18-23)41-21-42-30)29(31(38)39)25(34)12-15-32(9-2)22(3)36/h17-18,24-25,29H,8-16,19-21H2,1-7H3/p+1. The SMILES string of the molecule is CCCCN(CCC[N+](C)(C)C)C(=O)CN1CC(c2cc(OC)c3c(c2)OCO3)C(C(=O)O)C1CCN(CC)C(C)=O. The van der Waals surface area contributed by atoms with Gasteiger partial charge in [0.1, 0.15) is 0 Å². The fourth-order valence-corrected chi connectivity index (χ4v) is 6.10. The lowest BCUT2D eigenvalue weighted by Gasteiger charge is -2.31. The topological polar surface area (TPSA) is 109 Å². The smallest absolute Gasteiger partial charge is 0.308 e.